The summed E-state index contributed by atoms with van der Waals surface area (Å²) in [4.78, 5) is 34.7. The van der Waals surface area contributed by atoms with E-state index in [1.54, 1.807) is 70.1 Å². The van der Waals surface area contributed by atoms with E-state index in [0.29, 0.717) is 10.8 Å². The van der Waals surface area contributed by atoms with Crippen molar-refractivity contribution in [1.29, 1.82) is 0 Å². The zero-order valence-corrected chi connectivity index (χ0v) is 25.8. The number of nitrogens with zero attached hydrogens (tertiary/aromatic N) is 4. The van der Waals surface area contributed by atoms with E-state index in [2.05, 4.69) is 10.1 Å². The Morgan fingerprint density at radius 3 is 2.41 bits per heavy atom. The number of hydrogen-bond acceptors (Lipinski definition) is 8. The molecule has 0 bridgehead atoms. The van der Waals surface area contributed by atoms with Crippen molar-refractivity contribution in [3.05, 3.63) is 64.4 Å². The molecule has 1 fully saturated rings. The molecule has 1 amide bonds. The average Bonchev–Trinajstić information content (AvgIpc) is 3.62. The average molecular weight is 587 g/mol. The molecule has 11 heteroatoms. The van der Waals surface area contributed by atoms with E-state index in [1.807, 2.05) is 26.8 Å². The van der Waals surface area contributed by atoms with Crippen molar-refractivity contribution in [3.8, 4) is 5.75 Å². The van der Waals surface area contributed by atoms with E-state index in [9.17, 15) is 9.59 Å². The van der Waals surface area contributed by atoms with Crippen LogP contribution in [0.4, 0.5) is 4.39 Å². The highest BCUT2D eigenvalue weighted by Crippen LogP contribution is 2.54. The number of carbonyl (C=O) groups excluding carboxylic acids is 2. The van der Waals surface area contributed by atoms with Crippen molar-refractivity contribution in [1.82, 2.24) is 19.7 Å². The van der Waals surface area contributed by atoms with Crippen molar-refractivity contribution < 1.29 is 28.2 Å². The normalized spacial score (nSPS) is 23.0. The van der Waals surface area contributed by atoms with Gasteiger partial charge in [-0.1, -0.05) is 26.8 Å². The molecule has 0 N–H and O–H groups in total. The number of ether oxygens (including phenoxy) is 3. The van der Waals surface area contributed by atoms with E-state index in [4.69, 9.17) is 14.2 Å². The highest BCUT2D eigenvalue weighted by molar-refractivity contribution is 7.09. The topological polar surface area (TPSA) is 95.8 Å². The molecule has 3 heterocycles. The third-order valence-electron chi connectivity index (χ3n) is 7.10. The fourth-order valence-electron chi connectivity index (χ4n) is 5.51. The summed E-state index contributed by atoms with van der Waals surface area (Å²) in [5.41, 5.74) is -3.95. The Hall–Kier alpha value is -3.31. The summed E-state index contributed by atoms with van der Waals surface area (Å²) >= 11 is 1.21. The molecule has 9 nitrogen and oxygen atoms in total. The lowest BCUT2D eigenvalue weighted by atomic mass is 9.85. The monoisotopic (exact) mass is 586 g/mol. The molecule has 1 aromatic carbocycles. The van der Waals surface area contributed by atoms with Gasteiger partial charge >= 0.3 is 5.97 Å². The van der Waals surface area contributed by atoms with Gasteiger partial charge in [-0.25, -0.2) is 14.2 Å². The quantitative estimate of drug-likeness (QED) is 0.328. The predicted molar refractivity (Wildman–Crippen MR) is 154 cm³/mol. The fraction of sp³-hybridized carbons (Fsp3) is 0.533. The molecule has 1 aliphatic heterocycles. The Bertz CT molecular complexity index is 1370. The number of likely N-dealkylation sites (tertiary alicyclic amines) is 1. The van der Waals surface area contributed by atoms with E-state index < -0.39 is 34.7 Å². The molecule has 3 atom stereocenters. The van der Waals surface area contributed by atoms with E-state index >= 15 is 4.39 Å². The van der Waals surface area contributed by atoms with Crippen LogP contribution in [0.2, 0.25) is 0 Å². The Morgan fingerprint density at radius 2 is 1.88 bits per heavy atom. The van der Waals surface area contributed by atoms with Gasteiger partial charge in [0, 0.05) is 43.1 Å². The zero-order valence-electron chi connectivity index (χ0n) is 24.9. The van der Waals surface area contributed by atoms with Gasteiger partial charge < -0.3 is 19.1 Å². The smallest absolute Gasteiger partial charge is 0.334 e. The van der Waals surface area contributed by atoms with Crippen LogP contribution in [0.3, 0.4) is 0 Å². The summed E-state index contributed by atoms with van der Waals surface area (Å²) in [5, 5.41) is 6.37. The van der Waals surface area contributed by atoms with Gasteiger partial charge in [-0.15, -0.1) is 11.3 Å². The lowest BCUT2D eigenvalue weighted by molar-refractivity contribution is -0.168. The molecule has 1 saturated heterocycles. The Morgan fingerprint density at radius 1 is 1.15 bits per heavy atom. The maximum atomic E-state index is 17.3. The maximum Gasteiger partial charge on any atom is 0.334 e. The maximum absolute atomic E-state index is 17.3. The van der Waals surface area contributed by atoms with Crippen LogP contribution in [0.15, 0.2) is 48.2 Å². The molecule has 0 aliphatic carbocycles. The number of carbonyl (C=O) groups is 2. The van der Waals surface area contributed by atoms with Crippen molar-refractivity contribution in [2.45, 2.75) is 82.8 Å². The summed E-state index contributed by atoms with van der Waals surface area (Å²) in [7, 11) is 2.93. The first-order valence-electron chi connectivity index (χ1n) is 13.5. The van der Waals surface area contributed by atoms with E-state index in [0.717, 1.165) is 5.56 Å². The summed E-state index contributed by atoms with van der Waals surface area (Å²) in [6.07, 6.45) is 4.41. The minimum Gasteiger partial charge on any atom is -0.496 e. The minimum absolute atomic E-state index is 0.130. The second-order valence-corrected chi connectivity index (χ2v) is 13.4. The molecule has 3 unspecified atom stereocenters. The highest BCUT2D eigenvalue weighted by Gasteiger charge is 2.68. The van der Waals surface area contributed by atoms with Gasteiger partial charge in [0.15, 0.2) is 11.2 Å². The Balaban J connectivity index is 1.98. The number of thiazole rings is 1. The molecule has 41 heavy (non-hydrogen) atoms. The molecule has 2 aromatic heterocycles. The van der Waals surface area contributed by atoms with Gasteiger partial charge in [-0.05, 0) is 49.9 Å². The molecule has 0 saturated carbocycles. The fourth-order valence-corrected chi connectivity index (χ4v) is 6.34. The molecule has 0 radical (unpaired) electrons. The second kappa shape index (κ2) is 11.2. The first-order valence-corrected chi connectivity index (χ1v) is 14.3. The number of methoxy groups -OCH3 is 2. The summed E-state index contributed by atoms with van der Waals surface area (Å²) in [6.45, 7) is 10.9. The van der Waals surface area contributed by atoms with Crippen LogP contribution in [-0.4, -0.2) is 69.2 Å². The minimum atomic E-state index is -2.16. The number of amides is 1. The number of hydrogen-bond donors (Lipinski definition) is 0. The SMILES string of the molecule is COCC1(F)CC(Cn2cccn2)(C(=O)OC(C)(C)C)N(C(=O)c2ccc(C(C)(C)C)c(OC)c2)C1c1nccs1. The first kappa shape index (κ1) is 30.6. The van der Waals surface area contributed by atoms with Crippen LogP contribution < -0.4 is 4.74 Å². The van der Waals surface area contributed by atoms with Crippen LogP contribution in [0.5, 0.6) is 5.75 Å². The molecule has 1 aliphatic rings. The number of benzene rings is 1. The predicted octanol–water partition coefficient (Wildman–Crippen LogP) is 5.37. The Kier molecular flexibility index (Phi) is 8.35. The van der Waals surface area contributed by atoms with Crippen molar-refractivity contribution in [2.24, 2.45) is 0 Å². The molecular formula is C30H39FN4O5S. The summed E-state index contributed by atoms with van der Waals surface area (Å²) in [5.74, 6) is -0.770. The third-order valence-corrected chi connectivity index (χ3v) is 7.93. The van der Waals surface area contributed by atoms with Crippen LogP contribution in [0.1, 0.15) is 74.9 Å². The van der Waals surface area contributed by atoms with Gasteiger partial charge in [0.25, 0.3) is 5.91 Å². The summed E-state index contributed by atoms with van der Waals surface area (Å²) < 4.78 is 35.8. The van der Waals surface area contributed by atoms with Gasteiger partial charge in [0.05, 0.1) is 20.3 Å². The van der Waals surface area contributed by atoms with Crippen molar-refractivity contribution in [2.75, 3.05) is 20.8 Å². The molecular weight excluding hydrogens is 547 g/mol. The number of halogens is 1. The van der Waals surface area contributed by atoms with E-state index in [-0.39, 0.29) is 30.6 Å². The molecule has 4 rings (SSSR count). The zero-order chi connectivity index (χ0) is 30.2. The van der Waals surface area contributed by atoms with Gasteiger partial charge in [-0.3, -0.25) is 9.48 Å². The van der Waals surface area contributed by atoms with Gasteiger partial charge in [0.1, 0.15) is 22.4 Å². The van der Waals surface area contributed by atoms with Crippen LogP contribution in [0.25, 0.3) is 0 Å². The van der Waals surface area contributed by atoms with Gasteiger partial charge in [-0.2, -0.15) is 5.10 Å². The van der Waals surface area contributed by atoms with Crippen molar-refractivity contribution in [3.63, 3.8) is 0 Å². The number of rotatable bonds is 8. The largest absolute Gasteiger partial charge is 0.496 e. The lowest BCUT2D eigenvalue weighted by Crippen LogP contribution is -2.58. The number of esters is 1. The molecule has 3 aromatic rings. The first-order chi connectivity index (χ1) is 19.1. The Labute approximate surface area is 244 Å². The highest BCUT2D eigenvalue weighted by atomic mass is 32.1. The van der Waals surface area contributed by atoms with E-state index in [1.165, 1.54) is 28.0 Å². The second-order valence-electron chi connectivity index (χ2n) is 12.5. The van der Waals surface area contributed by atoms with Crippen LogP contribution >= 0.6 is 11.3 Å². The number of aromatic nitrogens is 3. The standard InChI is InChI=1S/C30H39FN4O5S/c1-27(2,3)21-11-10-20(16-22(21)39-8)25(36)35-23(24-32-13-15-41-24)29(31,19-38-7)17-30(35,18-34-14-9-12-33-34)26(37)40-28(4,5)6/h9-16,23H,17-19H2,1-8H3. The summed E-state index contributed by atoms with van der Waals surface area (Å²) in [6, 6.07) is 5.64. The van der Waals surface area contributed by atoms with Crippen LogP contribution in [-0.2, 0) is 26.2 Å². The lowest BCUT2D eigenvalue weighted by Gasteiger charge is -2.40. The third kappa shape index (κ3) is 6.01. The molecule has 222 valence electrons. The molecule has 0 spiro atoms. The van der Waals surface area contributed by atoms with Gasteiger partial charge in [0.2, 0.25) is 0 Å². The van der Waals surface area contributed by atoms with Crippen LogP contribution in [0, 0.1) is 0 Å². The van der Waals surface area contributed by atoms with Crippen molar-refractivity contribution >= 4 is 23.2 Å². The number of alkyl halides is 1.